The maximum Gasteiger partial charge on any atom is 1.00 e. The molecule has 1 heterocycles. The summed E-state index contributed by atoms with van der Waals surface area (Å²) in [5, 5.41) is 0. The molecule has 1 aliphatic heterocycles. The van der Waals surface area contributed by atoms with Crippen molar-refractivity contribution in [3.63, 3.8) is 0 Å². The minimum absolute atomic E-state index is 0. The zero-order valence-corrected chi connectivity index (χ0v) is 21.1. The van der Waals surface area contributed by atoms with E-state index in [0.29, 0.717) is 23.7 Å². The average Bonchev–Trinajstić information content (AvgIpc) is 3.15. The van der Waals surface area contributed by atoms with E-state index >= 15 is 0 Å². The summed E-state index contributed by atoms with van der Waals surface area (Å²) >= 11 is 0. The third-order valence-electron chi connectivity index (χ3n) is 5.84. The SMILES string of the molecule is CC(C)c1cccc(C(C)C)c1N1C=CN(c2c(C(C)C)cccc2C(C)C)[CH-]1.O.[Cu+]. The molecule has 0 aliphatic carbocycles. The Morgan fingerprint density at radius 2 is 0.806 bits per heavy atom. The van der Waals surface area contributed by atoms with Crippen LogP contribution < -0.4 is 9.80 Å². The van der Waals surface area contributed by atoms with E-state index in [2.05, 4.69) is 121 Å². The molecule has 2 N–H and O–H groups in total. The first-order valence-corrected chi connectivity index (χ1v) is 11.1. The summed E-state index contributed by atoms with van der Waals surface area (Å²) in [6.45, 7) is 20.5. The molecule has 0 saturated carbocycles. The Balaban J connectivity index is 0.00000240. The molecular formula is C27H39CuN2O. The van der Waals surface area contributed by atoms with E-state index in [1.807, 2.05) is 0 Å². The summed E-state index contributed by atoms with van der Waals surface area (Å²) in [4.78, 5) is 4.65. The van der Waals surface area contributed by atoms with Gasteiger partial charge in [0.05, 0.1) is 0 Å². The van der Waals surface area contributed by atoms with E-state index in [4.69, 9.17) is 0 Å². The molecule has 0 radical (unpaired) electrons. The number of para-hydroxylation sites is 2. The van der Waals surface area contributed by atoms with Crippen LogP contribution in [0.2, 0.25) is 0 Å². The smallest absolute Gasteiger partial charge is 0.479 e. The molecule has 4 heteroatoms. The van der Waals surface area contributed by atoms with Gasteiger partial charge in [0.2, 0.25) is 0 Å². The van der Waals surface area contributed by atoms with Crippen molar-refractivity contribution in [3.05, 3.63) is 77.7 Å². The molecule has 0 atom stereocenters. The Labute approximate surface area is 200 Å². The second-order valence-electron chi connectivity index (χ2n) is 9.42. The molecule has 0 saturated heterocycles. The fourth-order valence-corrected chi connectivity index (χ4v) is 4.24. The summed E-state index contributed by atoms with van der Waals surface area (Å²) in [6.07, 6.45) is 4.43. The van der Waals surface area contributed by atoms with Crippen molar-refractivity contribution in [2.45, 2.75) is 79.1 Å². The van der Waals surface area contributed by atoms with Crippen LogP contribution >= 0.6 is 0 Å². The first-order chi connectivity index (χ1) is 13.7. The Kier molecular flexibility index (Phi) is 9.88. The number of anilines is 2. The predicted octanol–water partition coefficient (Wildman–Crippen LogP) is 7.27. The molecule has 3 rings (SSSR count). The van der Waals surface area contributed by atoms with Crippen molar-refractivity contribution in [2.24, 2.45) is 0 Å². The Bertz CT molecular complexity index is 763. The standard InChI is InChI=1S/C27H37N2.Cu.H2O/c1-18(2)22-11-9-12-23(19(3)4)26(22)28-15-16-29(17-28)27-24(20(5)6)13-10-14-25(27)21(7)8;;/h9-21H,1-8H3;;1H2/q-1;+1;. The van der Waals surface area contributed by atoms with E-state index < -0.39 is 0 Å². The van der Waals surface area contributed by atoms with Crippen LogP contribution in [-0.4, -0.2) is 5.48 Å². The maximum absolute atomic E-state index is 2.33. The van der Waals surface area contributed by atoms with Crippen LogP contribution in [0.5, 0.6) is 0 Å². The molecule has 0 fully saturated rings. The van der Waals surface area contributed by atoms with Gasteiger partial charge in [-0.3, -0.25) is 0 Å². The molecule has 0 aromatic heterocycles. The monoisotopic (exact) mass is 470 g/mol. The Morgan fingerprint density at radius 1 is 0.548 bits per heavy atom. The van der Waals surface area contributed by atoms with Gasteiger partial charge in [0, 0.05) is 11.4 Å². The van der Waals surface area contributed by atoms with Crippen molar-refractivity contribution in [1.29, 1.82) is 0 Å². The number of benzene rings is 2. The van der Waals surface area contributed by atoms with E-state index in [1.165, 1.54) is 33.6 Å². The van der Waals surface area contributed by atoms with Gasteiger partial charge in [-0.15, -0.1) is 6.67 Å². The zero-order valence-electron chi connectivity index (χ0n) is 20.2. The zero-order chi connectivity index (χ0) is 21.3. The summed E-state index contributed by atoms with van der Waals surface area (Å²) < 4.78 is 0. The topological polar surface area (TPSA) is 38.0 Å². The molecule has 0 bridgehead atoms. The van der Waals surface area contributed by atoms with Crippen LogP contribution in [0, 0.1) is 6.67 Å². The second kappa shape index (κ2) is 11.2. The molecule has 0 amide bonds. The van der Waals surface area contributed by atoms with Gasteiger partial charge in [0.25, 0.3) is 0 Å². The van der Waals surface area contributed by atoms with Crippen LogP contribution in [-0.2, 0) is 17.1 Å². The van der Waals surface area contributed by atoms with Gasteiger partial charge in [0.15, 0.2) is 0 Å². The van der Waals surface area contributed by atoms with E-state index in [9.17, 15) is 0 Å². The van der Waals surface area contributed by atoms with Gasteiger partial charge in [0.1, 0.15) is 0 Å². The number of rotatable bonds is 6. The molecule has 0 spiro atoms. The fraction of sp³-hybridized carbons (Fsp3) is 0.444. The van der Waals surface area contributed by atoms with Gasteiger partial charge in [-0.05, 0) is 58.3 Å². The third-order valence-corrected chi connectivity index (χ3v) is 5.84. The molecular weight excluding hydrogens is 432 g/mol. The number of hydrogen-bond donors (Lipinski definition) is 0. The molecule has 1 aliphatic rings. The van der Waals surface area contributed by atoms with Crippen LogP contribution in [0.15, 0.2) is 48.8 Å². The fourth-order valence-electron chi connectivity index (χ4n) is 4.24. The number of hydrogen-bond acceptors (Lipinski definition) is 2. The molecule has 2 aromatic carbocycles. The predicted molar refractivity (Wildman–Crippen MR) is 131 cm³/mol. The molecule has 3 nitrogen and oxygen atoms in total. The third kappa shape index (κ3) is 5.55. The summed E-state index contributed by atoms with van der Waals surface area (Å²) in [5.74, 6) is 1.92. The Morgan fingerprint density at radius 3 is 1.03 bits per heavy atom. The summed E-state index contributed by atoms with van der Waals surface area (Å²) in [7, 11) is 0. The van der Waals surface area contributed by atoms with Crippen LogP contribution in [0.4, 0.5) is 11.4 Å². The van der Waals surface area contributed by atoms with E-state index in [0.717, 1.165) is 0 Å². The van der Waals surface area contributed by atoms with Crippen LogP contribution in [0.3, 0.4) is 0 Å². The first kappa shape index (κ1) is 27.3. The normalized spacial score (nSPS) is 13.4. The first-order valence-electron chi connectivity index (χ1n) is 11.1. The van der Waals surface area contributed by atoms with Crippen LogP contribution in [0.25, 0.3) is 0 Å². The minimum Gasteiger partial charge on any atom is -0.479 e. The molecule has 31 heavy (non-hydrogen) atoms. The van der Waals surface area contributed by atoms with Gasteiger partial charge >= 0.3 is 17.1 Å². The second-order valence-corrected chi connectivity index (χ2v) is 9.42. The minimum atomic E-state index is 0. The van der Waals surface area contributed by atoms with Gasteiger partial charge in [-0.25, -0.2) is 0 Å². The average molecular weight is 471 g/mol. The Hall–Kier alpha value is -1.74. The van der Waals surface area contributed by atoms with Crippen molar-refractivity contribution in [2.75, 3.05) is 9.80 Å². The molecule has 0 unspecified atom stereocenters. The van der Waals surface area contributed by atoms with Crippen molar-refractivity contribution >= 4 is 11.4 Å². The summed E-state index contributed by atoms with van der Waals surface area (Å²) in [6, 6.07) is 13.5. The largest absolute Gasteiger partial charge is 1.00 e. The molecule has 174 valence electrons. The van der Waals surface area contributed by atoms with Gasteiger partial charge in [-0.1, -0.05) is 91.8 Å². The van der Waals surface area contributed by atoms with Crippen molar-refractivity contribution < 1.29 is 22.5 Å². The summed E-state index contributed by atoms with van der Waals surface area (Å²) in [5.41, 5.74) is 8.29. The number of nitrogens with zero attached hydrogens (tertiary/aromatic N) is 2. The van der Waals surface area contributed by atoms with Crippen LogP contribution in [0.1, 0.15) is 101 Å². The maximum atomic E-state index is 2.33. The van der Waals surface area contributed by atoms with Gasteiger partial charge < -0.3 is 15.3 Å². The van der Waals surface area contributed by atoms with Crippen molar-refractivity contribution in [1.82, 2.24) is 0 Å². The van der Waals surface area contributed by atoms with E-state index in [1.54, 1.807) is 0 Å². The van der Waals surface area contributed by atoms with E-state index in [-0.39, 0.29) is 22.5 Å². The van der Waals surface area contributed by atoms with Gasteiger partial charge in [-0.2, -0.15) is 0 Å². The quantitative estimate of drug-likeness (QED) is 0.328. The van der Waals surface area contributed by atoms with Crippen molar-refractivity contribution in [3.8, 4) is 0 Å². The molecule has 2 aromatic rings.